The van der Waals surface area contributed by atoms with Gasteiger partial charge in [0.05, 0.1) is 0 Å². The van der Waals surface area contributed by atoms with E-state index in [4.69, 9.17) is 11.6 Å². The lowest BCUT2D eigenvalue weighted by atomic mass is 9.65. The van der Waals surface area contributed by atoms with Gasteiger partial charge < -0.3 is 4.90 Å². The van der Waals surface area contributed by atoms with E-state index in [1.807, 2.05) is 0 Å². The van der Waals surface area contributed by atoms with Crippen LogP contribution >= 0.6 is 11.6 Å². The first-order valence-corrected chi connectivity index (χ1v) is 13.3. The molecule has 0 saturated heterocycles. The standard InChI is InChI=1S/C30H38ClN/c1-3-7-24-18-27(31)14-15-28(24)26-13-12-23-11-10-22-8-5-4-6-9-25-16-21(2)29(25)20-32(19-26)30(23)17-22/h6,9-11,14-15,17-18,21,25-26,29H,3-5,7-8,12-13,16,19-20H2,1-2H3/b9-6+. The summed E-state index contributed by atoms with van der Waals surface area (Å²) in [6.45, 7) is 7.07. The van der Waals surface area contributed by atoms with Gasteiger partial charge in [0.15, 0.2) is 0 Å². The van der Waals surface area contributed by atoms with E-state index in [2.05, 4.69) is 67.3 Å². The Morgan fingerprint density at radius 1 is 1.06 bits per heavy atom. The first-order chi connectivity index (χ1) is 15.6. The molecule has 1 aliphatic carbocycles. The van der Waals surface area contributed by atoms with Gasteiger partial charge in [0.2, 0.25) is 0 Å². The summed E-state index contributed by atoms with van der Waals surface area (Å²) in [6.07, 6.45) is 14.7. The van der Waals surface area contributed by atoms with Crippen LogP contribution in [0.25, 0.3) is 0 Å². The molecule has 5 rings (SSSR count). The Morgan fingerprint density at radius 2 is 1.97 bits per heavy atom. The fraction of sp³-hybridized carbons (Fsp3) is 0.533. The summed E-state index contributed by atoms with van der Waals surface area (Å²) in [4.78, 5) is 2.78. The van der Waals surface area contributed by atoms with Crippen molar-refractivity contribution in [1.82, 2.24) is 0 Å². The Labute approximate surface area is 199 Å². The third-order valence-corrected chi connectivity index (χ3v) is 8.57. The van der Waals surface area contributed by atoms with E-state index in [1.165, 1.54) is 73.9 Å². The van der Waals surface area contributed by atoms with Crippen LogP contribution < -0.4 is 4.90 Å². The maximum absolute atomic E-state index is 6.40. The van der Waals surface area contributed by atoms with Gasteiger partial charge in [0.1, 0.15) is 0 Å². The van der Waals surface area contributed by atoms with Gasteiger partial charge in [-0.25, -0.2) is 0 Å². The second kappa shape index (κ2) is 9.64. The topological polar surface area (TPSA) is 3.24 Å². The fourth-order valence-electron chi connectivity index (χ4n) is 6.43. The average molecular weight is 448 g/mol. The minimum atomic E-state index is 0.571. The molecule has 1 nitrogen and oxygen atoms in total. The average Bonchev–Trinajstić information content (AvgIpc) is 2.95. The predicted molar refractivity (Wildman–Crippen MR) is 138 cm³/mol. The predicted octanol–water partition coefficient (Wildman–Crippen LogP) is 7.99. The lowest BCUT2D eigenvalue weighted by Crippen LogP contribution is -2.44. The number of hydrogen-bond acceptors (Lipinski definition) is 1. The van der Waals surface area contributed by atoms with E-state index in [0.29, 0.717) is 5.92 Å². The summed E-state index contributed by atoms with van der Waals surface area (Å²) in [7, 11) is 0. The van der Waals surface area contributed by atoms with Crippen LogP contribution in [0.3, 0.4) is 0 Å². The molecular formula is C30H38ClN. The van der Waals surface area contributed by atoms with Crippen LogP contribution in [0, 0.1) is 17.8 Å². The van der Waals surface area contributed by atoms with E-state index in [0.717, 1.165) is 35.7 Å². The number of nitrogens with zero attached hydrogens (tertiary/aromatic N) is 1. The van der Waals surface area contributed by atoms with Gasteiger partial charge in [-0.05, 0) is 103 Å². The number of allylic oxidation sites excluding steroid dienone is 2. The van der Waals surface area contributed by atoms with Crippen LogP contribution in [0.1, 0.15) is 74.1 Å². The lowest BCUT2D eigenvalue weighted by molar-refractivity contribution is 0.130. The Hall–Kier alpha value is -1.73. The molecule has 0 N–H and O–H groups in total. The first kappa shape index (κ1) is 22.1. The van der Waals surface area contributed by atoms with Crippen molar-refractivity contribution >= 4 is 17.3 Å². The molecule has 0 radical (unpaired) electrons. The summed E-state index contributed by atoms with van der Waals surface area (Å²) in [5.41, 5.74) is 7.59. The minimum Gasteiger partial charge on any atom is -0.370 e. The zero-order valence-electron chi connectivity index (χ0n) is 19.8. The molecule has 0 spiro atoms. The van der Waals surface area contributed by atoms with Crippen LogP contribution in [0.15, 0.2) is 48.6 Å². The highest BCUT2D eigenvalue weighted by Crippen LogP contribution is 2.44. The van der Waals surface area contributed by atoms with Gasteiger partial charge in [-0.15, -0.1) is 0 Å². The van der Waals surface area contributed by atoms with Crippen molar-refractivity contribution in [2.24, 2.45) is 17.8 Å². The Kier molecular flexibility index (Phi) is 6.65. The normalized spacial score (nSPS) is 28.5. The molecule has 2 aromatic carbocycles. The van der Waals surface area contributed by atoms with Crippen LogP contribution in [-0.2, 0) is 19.3 Å². The highest BCUT2D eigenvalue weighted by atomic mass is 35.5. The van der Waals surface area contributed by atoms with Crippen molar-refractivity contribution in [3.63, 3.8) is 0 Å². The lowest BCUT2D eigenvalue weighted by Gasteiger charge is -2.45. The molecule has 2 heteroatoms. The van der Waals surface area contributed by atoms with Gasteiger partial charge in [-0.2, -0.15) is 0 Å². The monoisotopic (exact) mass is 447 g/mol. The Bertz CT molecular complexity index is 977. The molecule has 2 bridgehead atoms. The molecular weight excluding hydrogens is 410 g/mol. The molecule has 4 unspecified atom stereocenters. The summed E-state index contributed by atoms with van der Waals surface area (Å²) < 4.78 is 0. The zero-order chi connectivity index (χ0) is 22.1. The van der Waals surface area contributed by atoms with Crippen LogP contribution in [0.5, 0.6) is 0 Å². The summed E-state index contributed by atoms with van der Waals surface area (Å²) >= 11 is 6.40. The van der Waals surface area contributed by atoms with E-state index in [9.17, 15) is 0 Å². The molecule has 2 aromatic rings. The maximum atomic E-state index is 6.40. The smallest absolute Gasteiger partial charge is 0.0408 e. The molecule has 170 valence electrons. The van der Waals surface area contributed by atoms with Crippen molar-refractivity contribution in [2.75, 3.05) is 18.0 Å². The van der Waals surface area contributed by atoms with Crippen molar-refractivity contribution in [3.05, 3.63) is 75.8 Å². The number of hydrogen-bond donors (Lipinski definition) is 0. The number of rotatable bonds is 3. The summed E-state index contributed by atoms with van der Waals surface area (Å²) in [5.74, 6) is 2.94. The third-order valence-electron chi connectivity index (χ3n) is 8.33. The summed E-state index contributed by atoms with van der Waals surface area (Å²) in [5, 5.41) is 0.878. The Balaban J connectivity index is 1.51. The molecule has 1 saturated carbocycles. The fourth-order valence-corrected chi connectivity index (χ4v) is 6.63. The van der Waals surface area contributed by atoms with Gasteiger partial charge >= 0.3 is 0 Å². The second-order valence-electron chi connectivity index (χ2n) is 10.6. The molecule has 32 heavy (non-hydrogen) atoms. The molecule has 4 atom stereocenters. The number of anilines is 1. The maximum Gasteiger partial charge on any atom is 0.0408 e. The SMILES string of the molecule is CCCc1cc(Cl)ccc1C1CCc2ccc3cc2N(C1)CC1C(C)CC1/C=C/CCC3. The molecule has 2 aliphatic heterocycles. The highest BCUT2D eigenvalue weighted by Gasteiger charge is 2.38. The zero-order valence-corrected chi connectivity index (χ0v) is 20.6. The number of halogens is 1. The van der Waals surface area contributed by atoms with Crippen LogP contribution in [0.2, 0.25) is 5.02 Å². The summed E-state index contributed by atoms with van der Waals surface area (Å²) in [6, 6.07) is 14.0. The van der Waals surface area contributed by atoms with Crippen molar-refractivity contribution in [2.45, 2.75) is 71.1 Å². The highest BCUT2D eigenvalue weighted by molar-refractivity contribution is 6.30. The van der Waals surface area contributed by atoms with Gasteiger partial charge in [0, 0.05) is 29.7 Å². The van der Waals surface area contributed by atoms with Crippen molar-refractivity contribution in [1.29, 1.82) is 0 Å². The Morgan fingerprint density at radius 3 is 2.81 bits per heavy atom. The molecule has 0 aromatic heterocycles. The number of benzene rings is 2. The number of aryl methyl sites for hydroxylation is 3. The molecule has 0 amide bonds. The van der Waals surface area contributed by atoms with E-state index in [-0.39, 0.29) is 0 Å². The van der Waals surface area contributed by atoms with Gasteiger partial charge in [-0.1, -0.05) is 62.2 Å². The minimum absolute atomic E-state index is 0.571. The van der Waals surface area contributed by atoms with E-state index >= 15 is 0 Å². The van der Waals surface area contributed by atoms with E-state index < -0.39 is 0 Å². The van der Waals surface area contributed by atoms with E-state index in [1.54, 1.807) is 5.56 Å². The van der Waals surface area contributed by atoms with Gasteiger partial charge in [0.25, 0.3) is 0 Å². The van der Waals surface area contributed by atoms with Crippen LogP contribution in [0.4, 0.5) is 5.69 Å². The van der Waals surface area contributed by atoms with Gasteiger partial charge in [-0.3, -0.25) is 0 Å². The molecule has 2 heterocycles. The third kappa shape index (κ3) is 4.51. The number of fused-ring (bicyclic) bond motifs is 2. The first-order valence-electron chi connectivity index (χ1n) is 12.9. The van der Waals surface area contributed by atoms with Crippen molar-refractivity contribution in [3.8, 4) is 0 Å². The van der Waals surface area contributed by atoms with Crippen molar-refractivity contribution < 1.29 is 0 Å². The quantitative estimate of drug-likeness (QED) is 0.431. The largest absolute Gasteiger partial charge is 0.370 e. The van der Waals surface area contributed by atoms with Crippen LogP contribution in [-0.4, -0.2) is 13.1 Å². The molecule has 3 aliphatic rings. The molecule has 1 fully saturated rings. The second-order valence-corrected chi connectivity index (χ2v) is 11.0.